The van der Waals surface area contributed by atoms with Crippen molar-refractivity contribution in [1.82, 2.24) is 19.7 Å². The van der Waals surface area contributed by atoms with Gasteiger partial charge in [-0.1, -0.05) is 18.7 Å². The highest BCUT2D eigenvalue weighted by atomic mass is 32.2. The van der Waals surface area contributed by atoms with E-state index in [9.17, 15) is 0 Å². The first-order chi connectivity index (χ1) is 9.16. The molecule has 0 aliphatic heterocycles. The highest BCUT2D eigenvalue weighted by Gasteiger charge is 2.09. The molecule has 0 saturated heterocycles. The maximum atomic E-state index is 5.40. The van der Waals surface area contributed by atoms with Crippen molar-refractivity contribution in [2.75, 3.05) is 17.0 Å². The summed E-state index contributed by atoms with van der Waals surface area (Å²) in [5.41, 5.74) is 4.47. The number of aromatic nitrogens is 4. The number of nitrogens with two attached hydrogens (primary N) is 1. The number of hydrogen-bond acceptors (Lipinski definition) is 7. The summed E-state index contributed by atoms with van der Waals surface area (Å²) in [5.74, 6) is 6.66. The number of anilines is 3. The Morgan fingerprint density at radius 2 is 2.11 bits per heavy atom. The summed E-state index contributed by atoms with van der Waals surface area (Å²) in [6, 6.07) is 1.76. The number of hydrogen-bond donors (Lipinski definition) is 3. The van der Waals surface area contributed by atoms with E-state index in [4.69, 9.17) is 5.84 Å². The highest BCUT2D eigenvalue weighted by molar-refractivity contribution is 7.98. The Labute approximate surface area is 116 Å². The van der Waals surface area contributed by atoms with Crippen molar-refractivity contribution in [3.8, 4) is 0 Å². The van der Waals surface area contributed by atoms with E-state index >= 15 is 0 Å². The first kappa shape index (κ1) is 13.6. The van der Waals surface area contributed by atoms with Gasteiger partial charge >= 0.3 is 0 Å². The molecule has 0 spiro atoms. The van der Waals surface area contributed by atoms with Crippen LogP contribution in [0.2, 0.25) is 0 Å². The molecule has 0 bridgehead atoms. The van der Waals surface area contributed by atoms with E-state index < -0.39 is 0 Å². The fraction of sp³-hybridized carbons (Fsp3) is 0.364. The van der Waals surface area contributed by atoms with Gasteiger partial charge < -0.3 is 10.7 Å². The zero-order valence-electron chi connectivity index (χ0n) is 11.1. The number of nitrogens with one attached hydrogen (secondary N) is 2. The molecule has 0 amide bonds. The summed E-state index contributed by atoms with van der Waals surface area (Å²) < 4.78 is 1.78. The molecule has 2 rings (SSSR count). The third kappa shape index (κ3) is 3.15. The molecular formula is C11H17N7S. The first-order valence-electron chi connectivity index (χ1n) is 5.85. The van der Waals surface area contributed by atoms with E-state index in [0.29, 0.717) is 16.8 Å². The second-order valence-electron chi connectivity index (χ2n) is 3.91. The smallest absolute Gasteiger partial charge is 0.191 e. The van der Waals surface area contributed by atoms with Gasteiger partial charge in [-0.15, -0.1) is 0 Å². The molecule has 102 valence electrons. The zero-order chi connectivity index (χ0) is 13.8. The number of nitrogen functional groups attached to an aromatic ring is 1. The summed E-state index contributed by atoms with van der Waals surface area (Å²) in [4.78, 5) is 8.60. The van der Waals surface area contributed by atoms with Gasteiger partial charge in [-0.3, -0.25) is 4.68 Å². The molecule has 0 saturated carbocycles. The topological polar surface area (TPSA) is 93.7 Å². The van der Waals surface area contributed by atoms with Crippen molar-refractivity contribution in [1.29, 1.82) is 0 Å². The largest absolute Gasteiger partial charge is 0.337 e. The Hall–Kier alpha value is -1.80. The van der Waals surface area contributed by atoms with Gasteiger partial charge in [0, 0.05) is 19.3 Å². The SMILES string of the molecule is CCc1nn(C)cc1Nc1cc(NN)nc(SC)n1. The quantitative estimate of drug-likeness (QED) is 0.330. The number of thioether (sulfide) groups is 1. The molecule has 8 heteroatoms. The van der Waals surface area contributed by atoms with Crippen molar-refractivity contribution in [2.24, 2.45) is 12.9 Å². The number of rotatable bonds is 5. The van der Waals surface area contributed by atoms with E-state index in [1.165, 1.54) is 11.8 Å². The van der Waals surface area contributed by atoms with Crippen molar-refractivity contribution >= 4 is 29.1 Å². The second kappa shape index (κ2) is 5.89. The second-order valence-corrected chi connectivity index (χ2v) is 4.68. The Kier molecular flexibility index (Phi) is 4.23. The first-order valence-corrected chi connectivity index (χ1v) is 7.08. The normalized spacial score (nSPS) is 10.5. The lowest BCUT2D eigenvalue weighted by Gasteiger charge is -2.08. The van der Waals surface area contributed by atoms with Crippen molar-refractivity contribution < 1.29 is 0 Å². The summed E-state index contributed by atoms with van der Waals surface area (Å²) in [5, 5.41) is 8.28. The average Bonchev–Trinajstić information content (AvgIpc) is 2.78. The molecule has 0 aromatic carbocycles. The predicted octanol–water partition coefficient (Wildman–Crippen LogP) is 1.52. The lowest BCUT2D eigenvalue weighted by Crippen LogP contribution is -2.10. The van der Waals surface area contributed by atoms with Crippen molar-refractivity contribution in [3.63, 3.8) is 0 Å². The fourth-order valence-corrected chi connectivity index (χ4v) is 2.07. The van der Waals surface area contributed by atoms with Crippen LogP contribution in [0.1, 0.15) is 12.6 Å². The molecule has 0 aliphatic rings. The van der Waals surface area contributed by atoms with Gasteiger partial charge in [0.25, 0.3) is 0 Å². The number of aryl methyl sites for hydroxylation is 2. The predicted molar refractivity (Wildman–Crippen MR) is 77.5 cm³/mol. The van der Waals surface area contributed by atoms with Crippen LogP contribution < -0.4 is 16.6 Å². The van der Waals surface area contributed by atoms with Crippen LogP contribution in [0.15, 0.2) is 17.4 Å². The standard InChI is InChI=1S/C11H17N7S/c1-4-7-8(6-18(2)17-7)13-9-5-10(16-12)15-11(14-9)19-3/h5-6H,4,12H2,1-3H3,(H2,13,14,15,16). The van der Waals surface area contributed by atoms with Crippen LogP contribution in [-0.4, -0.2) is 26.0 Å². The van der Waals surface area contributed by atoms with Gasteiger partial charge in [-0.2, -0.15) is 5.10 Å². The Bertz CT molecular complexity index is 544. The lowest BCUT2D eigenvalue weighted by molar-refractivity contribution is 0.746. The van der Waals surface area contributed by atoms with Crippen LogP contribution in [0.25, 0.3) is 0 Å². The van der Waals surface area contributed by atoms with Crippen LogP contribution in [0, 0.1) is 0 Å². The highest BCUT2D eigenvalue weighted by Crippen LogP contribution is 2.22. The van der Waals surface area contributed by atoms with Crippen molar-refractivity contribution in [3.05, 3.63) is 18.0 Å². The summed E-state index contributed by atoms with van der Waals surface area (Å²) in [6.45, 7) is 2.06. The molecular weight excluding hydrogens is 262 g/mol. The molecule has 0 aliphatic carbocycles. The summed E-state index contributed by atoms with van der Waals surface area (Å²) in [7, 11) is 1.89. The van der Waals surface area contributed by atoms with Crippen LogP contribution in [0.4, 0.5) is 17.3 Å². The molecule has 2 aromatic heterocycles. The average molecular weight is 279 g/mol. The molecule has 4 N–H and O–H groups in total. The molecule has 0 atom stereocenters. The molecule has 0 radical (unpaired) electrons. The molecule has 2 heterocycles. The molecule has 0 fully saturated rings. The zero-order valence-corrected chi connectivity index (χ0v) is 12.0. The van der Waals surface area contributed by atoms with Gasteiger partial charge in [0.15, 0.2) is 5.16 Å². The monoisotopic (exact) mass is 279 g/mol. The molecule has 19 heavy (non-hydrogen) atoms. The van der Waals surface area contributed by atoms with Crippen LogP contribution >= 0.6 is 11.8 Å². The molecule has 0 unspecified atom stereocenters. The third-order valence-corrected chi connectivity index (χ3v) is 3.09. The minimum Gasteiger partial charge on any atom is -0.337 e. The van der Waals surface area contributed by atoms with E-state index in [1.807, 2.05) is 19.5 Å². The number of nitrogens with zero attached hydrogens (tertiary/aromatic N) is 4. The van der Waals surface area contributed by atoms with Crippen LogP contribution in [0.3, 0.4) is 0 Å². The summed E-state index contributed by atoms with van der Waals surface area (Å²) >= 11 is 1.46. The Morgan fingerprint density at radius 3 is 2.74 bits per heavy atom. The lowest BCUT2D eigenvalue weighted by atomic mass is 10.3. The van der Waals surface area contributed by atoms with Gasteiger partial charge in [-0.05, 0) is 12.7 Å². The van der Waals surface area contributed by atoms with Gasteiger partial charge in [0.1, 0.15) is 11.6 Å². The van der Waals surface area contributed by atoms with E-state index in [-0.39, 0.29) is 0 Å². The van der Waals surface area contributed by atoms with Crippen LogP contribution in [0.5, 0.6) is 0 Å². The fourth-order valence-electron chi connectivity index (χ4n) is 1.69. The third-order valence-electron chi connectivity index (χ3n) is 2.54. The minimum atomic E-state index is 0.573. The van der Waals surface area contributed by atoms with Crippen LogP contribution in [-0.2, 0) is 13.5 Å². The maximum absolute atomic E-state index is 5.40. The molecule has 7 nitrogen and oxygen atoms in total. The maximum Gasteiger partial charge on any atom is 0.191 e. The Balaban J connectivity index is 2.31. The molecule has 2 aromatic rings. The van der Waals surface area contributed by atoms with Gasteiger partial charge in [0.2, 0.25) is 0 Å². The van der Waals surface area contributed by atoms with E-state index in [0.717, 1.165) is 17.8 Å². The van der Waals surface area contributed by atoms with Crippen molar-refractivity contribution in [2.45, 2.75) is 18.5 Å². The van der Waals surface area contributed by atoms with Gasteiger partial charge in [0.05, 0.1) is 11.4 Å². The van der Waals surface area contributed by atoms with E-state index in [1.54, 1.807) is 10.7 Å². The summed E-state index contributed by atoms with van der Waals surface area (Å²) in [6.07, 6.45) is 4.70. The minimum absolute atomic E-state index is 0.573. The number of hydrazine groups is 1. The Morgan fingerprint density at radius 1 is 1.37 bits per heavy atom. The van der Waals surface area contributed by atoms with Gasteiger partial charge in [-0.25, -0.2) is 15.8 Å². The van der Waals surface area contributed by atoms with E-state index in [2.05, 4.69) is 32.7 Å².